The Bertz CT molecular complexity index is 466. The van der Waals surface area contributed by atoms with Gasteiger partial charge >= 0.3 is 0 Å². The van der Waals surface area contributed by atoms with E-state index in [4.69, 9.17) is 4.74 Å². The Balaban J connectivity index is 2.86. The normalized spacial score (nSPS) is 12.6. The SMILES string of the molecule is COc1c(CN[C@@H](C(=O)N(C)C)C(C)C)c(C)nn1C. The summed E-state index contributed by atoms with van der Waals surface area (Å²) in [7, 11) is 7.02. The second-order valence-electron chi connectivity index (χ2n) is 5.53. The second-order valence-corrected chi connectivity index (χ2v) is 5.53. The van der Waals surface area contributed by atoms with E-state index in [2.05, 4.69) is 10.4 Å². The molecule has 0 saturated heterocycles. The molecule has 0 aromatic carbocycles. The number of hydrogen-bond acceptors (Lipinski definition) is 4. The number of carbonyl (C=O) groups excluding carboxylic acids is 1. The predicted octanol–water partition coefficient (Wildman–Crippen LogP) is 0.940. The number of nitrogens with one attached hydrogen (secondary N) is 1. The quantitative estimate of drug-likeness (QED) is 0.843. The van der Waals surface area contributed by atoms with Gasteiger partial charge < -0.3 is 15.0 Å². The van der Waals surface area contributed by atoms with Crippen molar-refractivity contribution in [3.05, 3.63) is 11.3 Å². The van der Waals surface area contributed by atoms with E-state index in [0.29, 0.717) is 6.54 Å². The van der Waals surface area contributed by atoms with Gasteiger partial charge in [-0.2, -0.15) is 5.10 Å². The number of hydrogen-bond donors (Lipinski definition) is 1. The summed E-state index contributed by atoms with van der Waals surface area (Å²) < 4.78 is 7.08. The molecule has 0 radical (unpaired) electrons. The van der Waals surface area contributed by atoms with Crippen LogP contribution in [-0.4, -0.2) is 47.8 Å². The lowest BCUT2D eigenvalue weighted by Crippen LogP contribution is -2.46. The van der Waals surface area contributed by atoms with Crippen LogP contribution < -0.4 is 10.1 Å². The maximum absolute atomic E-state index is 12.2. The summed E-state index contributed by atoms with van der Waals surface area (Å²) in [6, 6.07) is -0.214. The molecule has 0 unspecified atom stereocenters. The Labute approximate surface area is 121 Å². The van der Waals surface area contributed by atoms with Gasteiger partial charge in [0.25, 0.3) is 0 Å². The number of methoxy groups -OCH3 is 1. The van der Waals surface area contributed by atoms with E-state index in [0.717, 1.165) is 17.1 Å². The Hall–Kier alpha value is -1.56. The largest absolute Gasteiger partial charge is 0.481 e. The minimum atomic E-state index is -0.214. The average Bonchev–Trinajstić information content (AvgIpc) is 2.62. The van der Waals surface area contributed by atoms with Crippen LogP contribution >= 0.6 is 0 Å². The molecule has 0 saturated carbocycles. The van der Waals surface area contributed by atoms with Crippen molar-refractivity contribution < 1.29 is 9.53 Å². The molecule has 6 heteroatoms. The van der Waals surface area contributed by atoms with Crippen molar-refractivity contribution in [2.24, 2.45) is 13.0 Å². The molecule has 114 valence electrons. The molecule has 6 nitrogen and oxygen atoms in total. The fraction of sp³-hybridized carbons (Fsp3) is 0.714. The molecule has 1 N–H and O–H groups in total. The lowest BCUT2D eigenvalue weighted by atomic mass is 10.0. The van der Waals surface area contributed by atoms with Crippen LogP contribution in [0.25, 0.3) is 0 Å². The predicted molar refractivity (Wildman–Crippen MR) is 78.7 cm³/mol. The first-order valence-corrected chi connectivity index (χ1v) is 6.80. The van der Waals surface area contributed by atoms with Crippen molar-refractivity contribution in [1.29, 1.82) is 0 Å². The maximum Gasteiger partial charge on any atom is 0.239 e. The van der Waals surface area contributed by atoms with Gasteiger partial charge in [-0.15, -0.1) is 0 Å². The van der Waals surface area contributed by atoms with E-state index in [1.54, 1.807) is 30.8 Å². The van der Waals surface area contributed by atoms with Crippen LogP contribution in [-0.2, 0) is 18.4 Å². The van der Waals surface area contributed by atoms with Crippen LogP contribution in [0.1, 0.15) is 25.1 Å². The van der Waals surface area contributed by atoms with E-state index in [-0.39, 0.29) is 17.9 Å². The standard InChI is InChI=1S/C14H26N4O2/c1-9(2)12(13(19)17(4)5)15-8-11-10(3)16-18(6)14(11)20-7/h9,12,15H,8H2,1-7H3/t12-/m1/s1. The first kappa shape index (κ1) is 16.5. The molecule has 0 aliphatic rings. The maximum atomic E-state index is 12.2. The molecule has 1 heterocycles. The van der Waals surface area contributed by atoms with Gasteiger partial charge in [0.05, 0.1) is 24.4 Å². The highest BCUT2D eigenvalue weighted by Gasteiger charge is 2.24. The Kier molecular flexibility index (Phi) is 5.56. The van der Waals surface area contributed by atoms with Gasteiger partial charge in [0, 0.05) is 27.7 Å². The number of ether oxygens (including phenoxy) is 1. The topological polar surface area (TPSA) is 59.4 Å². The first-order chi connectivity index (χ1) is 9.29. The van der Waals surface area contributed by atoms with E-state index < -0.39 is 0 Å². The molecule has 0 aliphatic heterocycles. The number of nitrogens with zero attached hydrogens (tertiary/aromatic N) is 3. The molecule has 20 heavy (non-hydrogen) atoms. The molecular weight excluding hydrogens is 256 g/mol. The van der Waals surface area contributed by atoms with E-state index in [1.165, 1.54) is 0 Å². The van der Waals surface area contributed by atoms with Gasteiger partial charge in [-0.25, -0.2) is 4.68 Å². The molecule has 1 amide bonds. The molecule has 0 aliphatic carbocycles. The Morgan fingerprint density at radius 3 is 2.50 bits per heavy atom. The number of aromatic nitrogens is 2. The summed E-state index contributed by atoms with van der Waals surface area (Å²) >= 11 is 0. The molecule has 0 fully saturated rings. The molecular formula is C14H26N4O2. The van der Waals surface area contributed by atoms with Crippen LogP contribution in [0, 0.1) is 12.8 Å². The highest BCUT2D eigenvalue weighted by molar-refractivity contribution is 5.81. The van der Waals surface area contributed by atoms with Gasteiger partial charge in [-0.3, -0.25) is 4.79 Å². The van der Waals surface area contributed by atoms with Gasteiger partial charge in [-0.05, 0) is 12.8 Å². The fourth-order valence-corrected chi connectivity index (χ4v) is 2.24. The van der Waals surface area contributed by atoms with Crippen molar-refractivity contribution in [1.82, 2.24) is 20.0 Å². The monoisotopic (exact) mass is 282 g/mol. The minimum Gasteiger partial charge on any atom is -0.481 e. The van der Waals surface area contributed by atoms with Crippen molar-refractivity contribution >= 4 is 5.91 Å². The molecule has 1 atom stereocenters. The van der Waals surface area contributed by atoms with Gasteiger partial charge in [-0.1, -0.05) is 13.8 Å². The van der Waals surface area contributed by atoms with Crippen molar-refractivity contribution in [2.45, 2.75) is 33.4 Å². The van der Waals surface area contributed by atoms with Crippen LogP contribution in [0.5, 0.6) is 5.88 Å². The van der Waals surface area contributed by atoms with E-state index in [9.17, 15) is 4.79 Å². The summed E-state index contributed by atoms with van der Waals surface area (Å²) in [4.78, 5) is 13.8. The summed E-state index contributed by atoms with van der Waals surface area (Å²) in [6.45, 7) is 6.57. The van der Waals surface area contributed by atoms with Crippen molar-refractivity contribution in [3.63, 3.8) is 0 Å². The van der Waals surface area contributed by atoms with Gasteiger partial charge in [0.2, 0.25) is 11.8 Å². The minimum absolute atomic E-state index is 0.0838. The lowest BCUT2D eigenvalue weighted by Gasteiger charge is -2.24. The third-order valence-corrected chi connectivity index (χ3v) is 3.35. The number of carbonyl (C=O) groups is 1. The number of amides is 1. The first-order valence-electron chi connectivity index (χ1n) is 6.80. The number of rotatable bonds is 6. The zero-order valence-corrected chi connectivity index (χ0v) is 13.5. The van der Waals surface area contributed by atoms with Crippen LogP contribution in [0.2, 0.25) is 0 Å². The van der Waals surface area contributed by atoms with Crippen molar-refractivity contribution in [2.75, 3.05) is 21.2 Å². The van der Waals surface area contributed by atoms with E-state index in [1.807, 2.05) is 27.8 Å². The van der Waals surface area contributed by atoms with Gasteiger partial charge in [0.1, 0.15) is 0 Å². The third-order valence-electron chi connectivity index (χ3n) is 3.35. The van der Waals surface area contributed by atoms with Crippen LogP contribution in [0.3, 0.4) is 0 Å². The van der Waals surface area contributed by atoms with Crippen LogP contribution in [0.15, 0.2) is 0 Å². The lowest BCUT2D eigenvalue weighted by molar-refractivity contribution is -0.132. The average molecular weight is 282 g/mol. The third kappa shape index (κ3) is 3.50. The fourth-order valence-electron chi connectivity index (χ4n) is 2.24. The highest BCUT2D eigenvalue weighted by atomic mass is 16.5. The van der Waals surface area contributed by atoms with Crippen LogP contribution in [0.4, 0.5) is 0 Å². The Morgan fingerprint density at radius 1 is 1.45 bits per heavy atom. The molecule has 0 bridgehead atoms. The molecule has 1 rings (SSSR count). The summed E-state index contributed by atoms with van der Waals surface area (Å²) in [5.74, 6) is 1.03. The van der Waals surface area contributed by atoms with E-state index >= 15 is 0 Å². The molecule has 1 aromatic rings. The number of likely N-dealkylation sites (N-methyl/N-ethyl adjacent to an activating group) is 1. The summed E-state index contributed by atoms with van der Waals surface area (Å²) in [5.41, 5.74) is 1.91. The highest BCUT2D eigenvalue weighted by Crippen LogP contribution is 2.21. The second kappa shape index (κ2) is 6.74. The zero-order chi connectivity index (χ0) is 15.4. The Morgan fingerprint density at radius 2 is 2.05 bits per heavy atom. The summed E-state index contributed by atoms with van der Waals surface area (Å²) in [6.07, 6.45) is 0. The number of aryl methyl sites for hydroxylation is 2. The molecule has 0 spiro atoms. The van der Waals surface area contributed by atoms with Gasteiger partial charge in [0.15, 0.2) is 0 Å². The molecule has 1 aromatic heterocycles. The smallest absolute Gasteiger partial charge is 0.239 e. The zero-order valence-electron chi connectivity index (χ0n) is 13.5. The summed E-state index contributed by atoms with van der Waals surface area (Å²) in [5, 5.41) is 7.66. The van der Waals surface area contributed by atoms with Crippen molar-refractivity contribution in [3.8, 4) is 5.88 Å².